The molecule has 6 aromatic rings. The molecule has 0 radical (unpaired) electrons. The van der Waals surface area contributed by atoms with E-state index in [0.29, 0.717) is 0 Å². The maximum atomic E-state index is 3.67. The smallest absolute Gasteiger partial charge is 0.377 e. The van der Waals surface area contributed by atoms with E-state index >= 15 is 0 Å². The fourth-order valence-electron chi connectivity index (χ4n) is 6.97. The summed E-state index contributed by atoms with van der Waals surface area (Å²) in [6.45, 7) is 0.923. The molecule has 0 amide bonds. The van der Waals surface area contributed by atoms with Gasteiger partial charge in [0.15, 0.2) is 0 Å². The Bertz CT molecular complexity index is 1740. The molecular weight excluding hydrogens is 519 g/mol. The van der Waals surface area contributed by atoms with Crippen molar-refractivity contribution in [1.29, 1.82) is 0 Å². The Labute approximate surface area is 255 Å². The summed E-state index contributed by atoms with van der Waals surface area (Å²) in [6, 6.07) is 59.6. The molecule has 0 aliphatic carbocycles. The van der Waals surface area contributed by atoms with Crippen LogP contribution in [0.2, 0.25) is 0 Å². The van der Waals surface area contributed by atoms with Gasteiger partial charge in [-0.3, -0.25) is 0 Å². The number of rotatable bonds is 6. The monoisotopic (exact) mass is 554 g/mol. The second kappa shape index (κ2) is 11.8. The lowest BCUT2D eigenvalue weighted by Gasteiger charge is -2.50. The first-order chi connectivity index (χ1) is 21.2. The van der Waals surface area contributed by atoms with Crippen LogP contribution in [0.15, 0.2) is 170 Å². The van der Waals surface area contributed by atoms with Crippen molar-refractivity contribution in [3.63, 3.8) is 0 Å². The van der Waals surface area contributed by atoms with Crippen LogP contribution in [0.5, 0.6) is 0 Å². The normalized spacial score (nSPS) is 14.7. The van der Waals surface area contributed by atoms with Gasteiger partial charge in [0.25, 0.3) is 0 Å². The topological polar surface area (TPSA) is 2.70 Å². The van der Waals surface area contributed by atoms with Crippen LogP contribution in [-0.2, 0) is 4.28 Å². The average molecular weight is 555 g/mol. The fraction of sp³-hybridized carbons (Fsp3) is 0.0732. The average Bonchev–Trinajstić information content (AvgIpc) is 3.10. The van der Waals surface area contributed by atoms with E-state index in [4.69, 9.17) is 0 Å². The summed E-state index contributed by atoms with van der Waals surface area (Å²) in [5.41, 5.74) is 12.6. The molecular formula is C41H35BO. The van der Waals surface area contributed by atoms with Crippen LogP contribution in [0.3, 0.4) is 0 Å². The standard InChI is InChI=1S/C41H35BO/c1-43-31-11-18-41(38-21-19-35(20-22-38)32-12-5-2-6-13-32)42(43,39-27-23-36(24-28-39)33-14-7-3-8-15-33)40-29-25-37(26-30-40)34-16-9-4-10-17-34/h2-10,12-30H,11,31H2,1H3. The zero-order chi connectivity index (χ0) is 29.1. The molecule has 7 rings (SSSR count). The molecule has 1 aliphatic rings. The van der Waals surface area contributed by atoms with Crippen molar-refractivity contribution < 1.29 is 4.28 Å². The molecule has 0 atom stereocenters. The highest BCUT2D eigenvalue weighted by atomic mass is 16.6. The van der Waals surface area contributed by atoms with Crippen LogP contribution in [0.25, 0.3) is 38.9 Å². The highest BCUT2D eigenvalue weighted by Gasteiger charge is 2.47. The molecule has 208 valence electrons. The number of benzene rings is 6. The van der Waals surface area contributed by atoms with Crippen molar-refractivity contribution in [2.75, 3.05) is 13.7 Å². The van der Waals surface area contributed by atoms with Crippen LogP contribution < -0.4 is 10.9 Å². The largest absolute Gasteiger partial charge is 0.662 e. The summed E-state index contributed by atoms with van der Waals surface area (Å²) < 4.78 is 3.67. The Morgan fingerprint density at radius 3 is 1.12 bits per heavy atom. The van der Waals surface area contributed by atoms with Crippen LogP contribution in [0.1, 0.15) is 12.0 Å². The molecule has 0 aromatic heterocycles. The predicted molar refractivity (Wildman–Crippen MR) is 185 cm³/mol. The molecule has 43 heavy (non-hydrogen) atoms. The highest BCUT2D eigenvalue weighted by Crippen LogP contribution is 2.36. The van der Waals surface area contributed by atoms with Gasteiger partial charge < -0.3 is 4.28 Å². The first kappa shape index (κ1) is 27.0. The van der Waals surface area contributed by atoms with E-state index in [1.165, 1.54) is 55.3 Å². The molecule has 1 nitrogen and oxygen atoms in total. The summed E-state index contributed by atoms with van der Waals surface area (Å²) in [4.78, 5) is 0. The Kier molecular flexibility index (Phi) is 7.37. The lowest BCUT2D eigenvalue weighted by molar-refractivity contribution is 0.0566. The quantitative estimate of drug-likeness (QED) is 0.143. The first-order valence-corrected chi connectivity index (χ1v) is 15.2. The third kappa shape index (κ3) is 5.05. The molecule has 0 saturated carbocycles. The Hall–Kier alpha value is -4.92. The predicted octanol–water partition coefficient (Wildman–Crippen LogP) is 8.96. The van der Waals surface area contributed by atoms with E-state index < -0.39 is 6.35 Å². The van der Waals surface area contributed by atoms with Crippen molar-refractivity contribution in [3.8, 4) is 33.4 Å². The maximum absolute atomic E-state index is 3.67. The van der Waals surface area contributed by atoms with Crippen LogP contribution in [-0.4, -0.2) is 20.1 Å². The van der Waals surface area contributed by atoms with Crippen molar-refractivity contribution in [1.82, 2.24) is 0 Å². The molecule has 0 spiro atoms. The van der Waals surface area contributed by atoms with E-state index in [9.17, 15) is 0 Å². The van der Waals surface area contributed by atoms with Crippen molar-refractivity contribution in [2.24, 2.45) is 0 Å². The van der Waals surface area contributed by atoms with Gasteiger partial charge in [-0.25, -0.2) is 0 Å². The minimum Gasteiger partial charge on any atom is -0.662 e. The van der Waals surface area contributed by atoms with E-state index in [2.05, 4.69) is 181 Å². The highest BCUT2D eigenvalue weighted by molar-refractivity contribution is 7.11. The molecule has 0 bridgehead atoms. The van der Waals surface area contributed by atoms with Crippen molar-refractivity contribution >= 4 is 22.7 Å². The zero-order valence-electron chi connectivity index (χ0n) is 24.6. The van der Waals surface area contributed by atoms with Gasteiger partial charge in [-0.1, -0.05) is 169 Å². The molecule has 6 aromatic carbocycles. The van der Waals surface area contributed by atoms with Gasteiger partial charge in [0, 0.05) is 6.42 Å². The van der Waals surface area contributed by atoms with Gasteiger partial charge in [0.1, 0.15) is 6.61 Å². The van der Waals surface area contributed by atoms with E-state index in [1.807, 2.05) is 0 Å². The number of hydrogen-bond acceptors (Lipinski definition) is 0. The molecule has 2 heteroatoms. The van der Waals surface area contributed by atoms with Gasteiger partial charge in [0.2, 0.25) is 0 Å². The van der Waals surface area contributed by atoms with Crippen molar-refractivity contribution in [2.45, 2.75) is 6.42 Å². The minimum atomic E-state index is -1.47. The Morgan fingerprint density at radius 2 is 0.721 bits per heavy atom. The second-order valence-corrected chi connectivity index (χ2v) is 11.5. The van der Waals surface area contributed by atoms with Gasteiger partial charge in [-0.05, 0) is 33.4 Å². The van der Waals surface area contributed by atoms with Gasteiger partial charge in [-0.2, -0.15) is 0 Å². The maximum Gasteiger partial charge on any atom is 0.377 e. The van der Waals surface area contributed by atoms with E-state index in [-0.39, 0.29) is 0 Å². The lowest BCUT2D eigenvalue weighted by atomic mass is 9.26. The SMILES string of the molecule is C[O+]1CCC=C(c2ccc(-c3ccccc3)cc2)[B-]1(c1ccc(-c2ccccc2)cc1)c1ccc(-c2ccccc2)cc1. The molecule has 0 saturated heterocycles. The van der Waals surface area contributed by atoms with Gasteiger partial charge >= 0.3 is 6.35 Å². The van der Waals surface area contributed by atoms with E-state index in [1.54, 1.807) is 0 Å². The molecule has 1 heterocycles. The summed E-state index contributed by atoms with van der Waals surface area (Å²) in [5, 5.41) is 0. The summed E-state index contributed by atoms with van der Waals surface area (Å²) in [6.07, 6.45) is 1.99. The van der Waals surface area contributed by atoms with Crippen LogP contribution in [0, 0.1) is 0 Å². The van der Waals surface area contributed by atoms with Crippen LogP contribution in [0.4, 0.5) is 0 Å². The summed E-state index contributed by atoms with van der Waals surface area (Å²) in [5.74, 6) is 0. The minimum absolute atomic E-state index is 0.923. The van der Waals surface area contributed by atoms with Gasteiger partial charge in [-0.15, -0.1) is 22.5 Å². The molecule has 0 unspecified atom stereocenters. The second-order valence-electron chi connectivity index (χ2n) is 11.5. The van der Waals surface area contributed by atoms with E-state index in [0.717, 1.165) is 13.0 Å². The fourth-order valence-corrected chi connectivity index (χ4v) is 6.97. The third-order valence-corrected chi connectivity index (χ3v) is 9.15. The molecule has 1 aliphatic heterocycles. The first-order valence-electron chi connectivity index (χ1n) is 15.2. The van der Waals surface area contributed by atoms with Crippen molar-refractivity contribution in [3.05, 3.63) is 175 Å². The zero-order valence-corrected chi connectivity index (χ0v) is 24.6. The summed E-state index contributed by atoms with van der Waals surface area (Å²) in [7, 11) is 2.22. The Morgan fingerprint density at radius 1 is 0.395 bits per heavy atom. The van der Waals surface area contributed by atoms with Gasteiger partial charge in [0.05, 0.1) is 7.11 Å². The molecule has 0 N–H and O–H groups in total. The van der Waals surface area contributed by atoms with Crippen LogP contribution >= 0.6 is 0 Å². The molecule has 0 fully saturated rings. The number of hydrogen-bond donors (Lipinski definition) is 0. The lowest BCUT2D eigenvalue weighted by Crippen LogP contribution is -2.67. The third-order valence-electron chi connectivity index (χ3n) is 9.15. The summed E-state index contributed by atoms with van der Waals surface area (Å²) >= 11 is 0. The Balaban J connectivity index is 1.38.